The van der Waals surface area contributed by atoms with Gasteiger partial charge in [-0.15, -0.1) is 0 Å². The number of ether oxygens (including phenoxy) is 2. The summed E-state index contributed by atoms with van der Waals surface area (Å²) in [7, 11) is 1.71. The molecule has 1 saturated heterocycles. The van der Waals surface area contributed by atoms with Gasteiger partial charge < -0.3 is 14.8 Å². The molecule has 3 atom stereocenters. The number of esters is 1. The van der Waals surface area contributed by atoms with Gasteiger partial charge in [-0.25, -0.2) is 0 Å². The van der Waals surface area contributed by atoms with E-state index in [4.69, 9.17) is 9.47 Å². The van der Waals surface area contributed by atoms with Crippen molar-refractivity contribution in [2.24, 2.45) is 5.92 Å². The molecule has 0 aromatic rings. The van der Waals surface area contributed by atoms with Crippen molar-refractivity contribution in [3.63, 3.8) is 0 Å². The summed E-state index contributed by atoms with van der Waals surface area (Å²) in [6.07, 6.45) is 6.33. The van der Waals surface area contributed by atoms with Crippen LogP contribution in [0, 0.1) is 5.92 Å². The maximum atomic E-state index is 10.9. The molecule has 4 nitrogen and oxygen atoms in total. The Morgan fingerprint density at radius 1 is 1.38 bits per heavy atom. The van der Waals surface area contributed by atoms with Crippen molar-refractivity contribution in [3.05, 3.63) is 11.8 Å². The quantitative estimate of drug-likeness (QED) is 0.725. The lowest BCUT2D eigenvalue weighted by Gasteiger charge is -2.36. The standard InChI is InChI=1S/C12H19NO3/c1-8(14)16-10-5-3-9-4-6-12(15-2)13-11(9)7-10/h7,9-10,12-13H,3-6H2,1-2H3/t9-,10?,12+/m0/s1. The summed E-state index contributed by atoms with van der Waals surface area (Å²) in [5.41, 5.74) is 1.19. The first-order valence-electron chi connectivity index (χ1n) is 5.87. The van der Waals surface area contributed by atoms with Gasteiger partial charge >= 0.3 is 5.97 Å². The second-order valence-electron chi connectivity index (χ2n) is 4.49. The number of hydrogen-bond donors (Lipinski definition) is 1. The summed E-state index contributed by atoms with van der Waals surface area (Å²) < 4.78 is 10.5. The summed E-state index contributed by atoms with van der Waals surface area (Å²) in [5, 5.41) is 3.36. The van der Waals surface area contributed by atoms with Crippen molar-refractivity contribution in [3.8, 4) is 0 Å². The second kappa shape index (κ2) is 4.87. The number of nitrogens with one attached hydrogen (secondary N) is 1. The maximum absolute atomic E-state index is 10.9. The van der Waals surface area contributed by atoms with E-state index >= 15 is 0 Å². The summed E-state index contributed by atoms with van der Waals surface area (Å²) in [5.74, 6) is 0.387. The molecule has 1 aliphatic heterocycles. The van der Waals surface area contributed by atoms with Crippen molar-refractivity contribution in [2.45, 2.75) is 44.9 Å². The molecule has 16 heavy (non-hydrogen) atoms. The molecule has 0 radical (unpaired) electrons. The van der Waals surface area contributed by atoms with E-state index in [-0.39, 0.29) is 18.3 Å². The van der Waals surface area contributed by atoms with E-state index in [0.717, 1.165) is 25.7 Å². The van der Waals surface area contributed by atoms with Gasteiger partial charge in [-0.3, -0.25) is 4.79 Å². The summed E-state index contributed by atoms with van der Waals surface area (Å²) in [6.45, 7) is 1.46. The molecule has 0 bridgehead atoms. The van der Waals surface area contributed by atoms with Gasteiger partial charge in [0.1, 0.15) is 12.3 Å². The first-order valence-corrected chi connectivity index (χ1v) is 5.87. The van der Waals surface area contributed by atoms with Gasteiger partial charge in [0.05, 0.1) is 0 Å². The van der Waals surface area contributed by atoms with Crippen LogP contribution in [0.2, 0.25) is 0 Å². The third-order valence-corrected chi connectivity index (χ3v) is 3.31. The maximum Gasteiger partial charge on any atom is 0.303 e. The number of methoxy groups -OCH3 is 1. The zero-order chi connectivity index (χ0) is 11.5. The molecule has 90 valence electrons. The van der Waals surface area contributed by atoms with Crippen molar-refractivity contribution < 1.29 is 14.3 Å². The number of hydrogen-bond acceptors (Lipinski definition) is 4. The average molecular weight is 225 g/mol. The van der Waals surface area contributed by atoms with Crippen LogP contribution in [-0.2, 0) is 14.3 Å². The van der Waals surface area contributed by atoms with Crippen LogP contribution in [0.25, 0.3) is 0 Å². The van der Waals surface area contributed by atoms with Gasteiger partial charge in [0.15, 0.2) is 0 Å². The molecule has 0 amide bonds. The van der Waals surface area contributed by atoms with Crippen molar-refractivity contribution in [1.82, 2.24) is 5.32 Å². The molecular weight excluding hydrogens is 206 g/mol. The van der Waals surface area contributed by atoms with Crippen LogP contribution in [0.5, 0.6) is 0 Å². The topological polar surface area (TPSA) is 47.6 Å². The Bertz CT molecular complexity index is 301. The first kappa shape index (κ1) is 11.5. The highest BCUT2D eigenvalue weighted by Crippen LogP contribution is 2.32. The van der Waals surface area contributed by atoms with E-state index in [2.05, 4.69) is 5.32 Å². The average Bonchev–Trinajstić information content (AvgIpc) is 2.27. The lowest BCUT2D eigenvalue weighted by Crippen LogP contribution is -2.40. The Kier molecular flexibility index (Phi) is 3.49. The normalized spacial score (nSPS) is 33.4. The fourth-order valence-electron chi connectivity index (χ4n) is 2.50. The molecule has 0 spiro atoms. The molecule has 0 saturated carbocycles. The summed E-state index contributed by atoms with van der Waals surface area (Å²) >= 11 is 0. The van der Waals surface area contributed by atoms with Gasteiger partial charge in [-0.2, -0.15) is 0 Å². The van der Waals surface area contributed by atoms with E-state index in [0.29, 0.717) is 5.92 Å². The van der Waals surface area contributed by atoms with Gasteiger partial charge in [-0.05, 0) is 37.7 Å². The summed E-state index contributed by atoms with van der Waals surface area (Å²) in [4.78, 5) is 10.9. The number of piperidine rings is 1. The number of carbonyl (C=O) groups excluding carboxylic acids is 1. The highest BCUT2D eigenvalue weighted by molar-refractivity contribution is 5.66. The molecule has 1 heterocycles. The number of allylic oxidation sites excluding steroid dienone is 1. The molecule has 1 unspecified atom stereocenters. The van der Waals surface area contributed by atoms with Crippen LogP contribution in [0.4, 0.5) is 0 Å². The Labute approximate surface area is 96.0 Å². The molecule has 0 aromatic carbocycles. The largest absolute Gasteiger partial charge is 0.458 e. The van der Waals surface area contributed by atoms with Crippen molar-refractivity contribution in [1.29, 1.82) is 0 Å². The van der Waals surface area contributed by atoms with Gasteiger partial charge in [0.25, 0.3) is 0 Å². The fraction of sp³-hybridized carbons (Fsp3) is 0.750. The molecule has 1 aliphatic carbocycles. The van der Waals surface area contributed by atoms with E-state index in [1.807, 2.05) is 6.08 Å². The first-order chi connectivity index (χ1) is 7.69. The van der Waals surface area contributed by atoms with Crippen LogP contribution in [0.1, 0.15) is 32.6 Å². The zero-order valence-corrected chi connectivity index (χ0v) is 9.86. The predicted molar refractivity (Wildman–Crippen MR) is 59.5 cm³/mol. The van der Waals surface area contributed by atoms with E-state index < -0.39 is 0 Å². The molecule has 1 fully saturated rings. The lowest BCUT2D eigenvalue weighted by atomic mass is 9.84. The highest BCUT2D eigenvalue weighted by Gasteiger charge is 2.29. The summed E-state index contributed by atoms with van der Waals surface area (Å²) in [6, 6.07) is 0. The van der Waals surface area contributed by atoms with E-state index in [1.54, 1.807) is 7.11 Å². The minimum Gasteiger partial charge on any atom is -0.458 e. The Balaban J connectivity index is 2.01. The molecule has 4 heteroatoms. The van der Waals surface area contributed by atoms with Crippen molar-refractivity contribution >= 4 is 5.97 Å². The van der Waals surface area contributed by atoms with Gasteiger partial charge in [0, 0.05) is 19.7 Å². The second-order valence-corrected chi connectivity index (χ2v) is 4.49. The Morgan fingerprint density at radius 3 is 2.81 bits per heavy atom. The Morgan fingerprint density at radius 2 is 2.12 bits per heavy atom. The number of rotatable bonds is 2. The van der Waals surface area contributed by atoms with Crippen LogP contribution >= 0.6 is 0 Å². The smallest absolute Gasteiger partial charge is 0.303 e. The molecule has 1 N–H and O–H groups in total. The minimum atomic E-state index is -0.209. The van der Waals surface area contributed by atoms with Gasteiger partial charge in [-0.1, -0.05) is 0 Å². The Hall–Kier alpha value is -1.03. The van der Waals surface area contributed by atoms with Crippen LogP contribution in [-0.4, -0.2) is 25.4 Å². The van der Waals surface area contributed by atoms with Crippen molar-refractivity contribution in [2.75, 3.05) is 7.11 Å². The zero-order valence-electron chi connectivity index (χ0n) is 9.86. The molecule has 2 aliphatic rings. The van der Waals surface area contributed by atoms with Crippen LogP contribution in [0.15, 0.2) is 11.8 Å². The van der Waals surface area contributed by atoms with E-state index in [1.165, 1.54) is 12.6 Å². The molecular formula is C12H19NO3. The van der Waals surface area contributed by atoms with Crippen LogP contribution < -0.4 is 5.32 Å². The number of fused-ring (bicyclic) bond motifs is 1. The monoisotopic (exact) mass is 225 g/mol. The lowest BCUT2D eigenvalue weighted by molar-refractivity contribution is -0.144. The molecule has 2 rings (SSSR count). The predicted octanol–water partition coefficient (Wildman–Crippen LogP) is 1.57. The fourth-order valence-corrected chi connectivity index (χ4v) is 2.50. The third-order valence-electron chi connectivity index (χ3n) is 3.31. The minimum absolute atomic E-state index is 0.0631. The number of carbonyl (C=O) groups is 1. The SMILES string of the molecule is CO[C@@H]1CC[C@@H]2CCC(OC(C)=O)C=C2N1. The highest BCUT2D eigenvalue weighted by atomic mass is 16.5. The molecule has 0 aromatic heterocycles. The van der Waals surface area contributed by atoms with E-state index in [9.17, 15) is 4.79 Å². The van der Waals surface area contributed by atoms with Crippen LogP contribution in [0.3, 0.4) is 0 Å². The van der Waals surface area contributed by atoms with Gasteiger partial charge in [0.2, 0.25) is 0 Å². The third kappa shape index (κ3) is 2.55.